The molecular formula is C13H18BrFN2O. The van der Waals surface area contributed by atoms with Crippen LogP contribution in [0.5, 0.6) is 0 Å². The van der Waals surface area contributed by atoms with Gasteiger partial charge >= 0.3 is 0 Å². The molecule has 2 unspecified atom stereocenters. The number of benzene rings is 1. The largest absolute Gasteiger partial charge is 0.374 e. The van der Waals surface area contributed by atoms with E-state index < -0.39 is 0 Å². The molecule has 1 aromatic rings. The number of ether oxygens (including phenoxy) is 1. The molecule has 5 heteroatoms. The van der Waals surface area contributed by atoms with Crippen molar-refractivity contribution in [1.82, 2.24) is 5.43 Å². The summed E-state index contributed by atoms with van der Waals surface area (Å²) in [6.07, 6.45) is 2.49. The third-order valence-electron chi connectivity index (χ3n) is 3.63. The lowest BCUT2D eigenvalue weighted by Crippen LogP contribution is -2.52. The maximum Gasteiger partial charge on any atom is 0.127 e. The summed E-state index contributed by atoms with van der Waals surface area (Å²) in [4.78, 5) is 0. The third kappa shape index (κ3) is 2.91. The van der Waals surface area contributed by atoms with Gasteiger partial charge in [-0.2, -0.15) is 0 Å². The Kier molecular flexibility index (Phi) is 4.37. The number of halogens is 2. The molecule has 0 spiro atoms. The highest BCUT2D eigenvalue weighted by Gasteiger charge is 2.38. The summed E-state index contributed by atoms with van der Waals surface area (Å²) >= 11 is 3.25. The zero-order valence-corrected chi connectivity index (χ0v) is 12.0. The molecule has 1 saturated heterocycles. The second kappa shape index (κ2) is 5.65. The van der Waals surface area contributed by atoms with E-state index in [-0.39, 0.29) is 17.5 Å². The van der Waals surface area contributed by atoms with Crippen LogP contribution in [-0.2, 0) is 11.2 Å². The molecule has 3 N–H and O–H groups in total. The zero-order chi connectivity index (χ0) is 13.2. The van der Waals surface area contributed by atoms with E-state index in [1.165, 1.54) is 6.07 Å². The van der Waals surface area contributed by atoms with Gasteiger partial charge in [-0.15, -0.1) is 0 Å². The summed E-state index contributed by atoms with van der Waals surface area (Å²) < 4.78 is 20.3. The van der Waals surface area contributed by atoms with Gasteiger partial charge in [0.15, 0.2) is 0 Å². The van der Waals surface area contributed by atoms with Gasteiger partial charge in [0.25, 0.3) is 0 Å². The van der Waals surface area contributed by atoms with Gasteiger partial charge in [-0.1, -0.05) is 22.0 Å². The molecule has 100 valence electrons. The molecule has 1 fully saturated rings. The van der Waals surface area contributed by atoms with E-state index in [0.29, 0.717) is 12.0 Å². The summed E-state index contributed by atoms with van der Waals surface area (Å²) in [6.45, 7) is 2.78. The minimum absolute atomic E-state index is 0.0873. The fourth-order valence-electron chi connectivity index (χ4n) is 2.43. The van der Waals surface area contributed by atoms with Crippen LogP contribution in [0, 0.1) is 5.82 Å². The Balaban J connectivity index is 2.15. The lowest BCUT2D eigenvalue weighted by Gasteiger charge is -2.33. The number of nitrogens with one attached hydrogen (secondary N) is 1. The topological polar surface area (TPSA) is 47.3 Å². The van der Waals surface area contributed by atoms with Crippen LogP contribution in [0.25, 0.3) is 0 Å². The molecule has 0 radical (unpaired) electrons. The Bertz CT molecular complexity index is 421. The van der Waals surface area contributed by atoms with Crippen molar-refractivity contribution >= 4 is 15.9 Å². The molecule has 0 amide bonds. The number of hydrogen-bond acceptors (Lipinski definition) is 3. The van der Waals surface area contributed by atoms with E-state index in [1.54, 1.807) is 6.07 Å². The van der Waals surface area contributed by atoms with E-state index in [9.17, 15) is 4.39 Å². The second-order valence-electron chi connectivity index (χ2n) is 4.92. The first kappa shape index (κ1) is 13.9. The summed E-state index contributed by atoms with van der Waals surface area (Å²) in [7, 11) is 0. The number of rotatable bonds is 4. The SMILES string of the molecule is CC1(C(Cc2ccc(Br)cc2F)NN)CCCO1. The van der Waals surface area contributed by atoms with Crippen molar-refractivity contribution in [1.29, 1.82) is 0 Å². The molecule has 1 heterocycles. The lowest BCUT2D eigenvalue weighted by atomic mass is 9.88. The predicted molar refractivity (Wildman–Crippen MR) is 72.5 cm³/mol. The van der Waals surface area contributed by atoms with Crippen molar-refractivity contribution in [2.45, 2.75) is 37.8 Å². The van der Waals surface area contributed by atoms with Crippen molar-refractivity contribution in [2.24, 2.45) is 5.84 Å². The van der Waals surface area contributed by atoms with E-state index in [1.807, 2.05) is 13.0 Å². The number of nitrogens with two attached hydrogens (primary N) is 1. The van der Waals surface area contributed by atoms with Gasteiger partial charge in [-0.05, 0) is 43.9 Å². The van der Waals surface area contributed by atoms with Crippen molar-refractivity contribution < 1.29 is 9.13 Å². The van der Waals surface area contributed by atoms with Gasteiger partial charge in [0.1, 0.15) is 5.82 Å². The first-order chi connectivity index (χ1) is 8.55. The highest BCUT2D eigenvalue weighted by Crippen LogP contribution is 2.30. The van der Waals surface area contributed by atoms with E-state index in [2.05, 4.69) is 21.4 Å². The zero-order valence-electron chi connectivity index (χ0n) is 10.4. The highest BCUT2D eigenvalue weighted by molar-refractivity contribution is 9.10. The lowest BCUT2D eigenvalue weighted by molar-refractivity contribution is -0.0116. The van der Waals surface area contributed by atoms with Crippen LogP contribution in [0.1, 0.15) is 25.3 Å². The van der Waals surface area contributed by atoms with Crippen LogP contribution < -0.4 is 11.3 Å². The first-order valence-electron chi connectivity index (χ1n) is 6.09. The summed E-state index contributed by atoms with van der Waals surface area (Å²) in [5.74, 6) is 5.39. The standard InChI is InChI=1S/C13H18BrFN2O/c1-13(5-2-6-18-13)12(17-16)7-9-3-4-10(14)8-11(9)15/h3-4,8,12,17H,2,5-7,16H2,1H3. The number of hydrazine groups is 1. The molecule has 0 saturated carbocycles. The normalized spacial score (nSPS) is 25.3. The average molecular weight is 317 g/mol. The van der Waals surface area contributed by atoms with Gasteiger partial charge < -0.3 is 4.74 Å². The highest BCUT2D eigenvalue weighted by atomic mass is 79.9. The van der Waals surface area contributed by atoms with Crippen LogP contribution in [0.2, 0.25) is 0 Å². The van der Waals surface area contributed by atoms with Crippen molar-refractivity contribution in [3.63, 3.8) is 0 Å². The molecule has 0 aromatic heterocycles. The molecule has 1 aromatic carbocycles. The van der Waals surface area contributed by atoms with Crippen molar-refractivity contribution in [3.8, 4) is 0 Å². The average Bonchev–Trinajstić information content (AvgIpc) is 2.76. The van der Waals surface area contributed by atoms with E-state index in [0.717, 1.165) is 23.9 Å². The molecule has 18 heavy (non-hydrogen) atoms. The van der Waals surface area contributed by atoms with E-state index in [4.69, 9.17) is 10.6 Å². The number of hydrogen-bond donors (Lipinski definition) is 2. The Morgan fingerprint density at radius 1 is 1.61 bits per heavy atom. The van der Waals surface area contributed by atoms with Gasteiger partial charge in [0.05, 0.1) is 11.6 Å². The minimum atomic E-state index is -0.311. The fourth-order valence-corrected chi connectivity index (χ4v) is 2.77. The van der Waals surface area contributed by atoms with Crippen LogP contribution in [-0.4, -0.2) is 18.2 Å². The summed E-state index contributed by atoms with van der Waals surface area (Å²) in [6, 6.07) is 5.00. The van der Waals surface area contributed by atoms with E-state index >= 15 is 0 Å². The van der Waals surface area contributed by atoms with Crippen LogP contribution >= 0.6 is 15.9 Å². The fraction of sp³-hybridized carbons (Fsp3) is 0.538. The monoisotopic (exact) mass is 316 g/mol. The summed E-state index contributed by atoms with van der Waals surface area (Å²) in [5.41, 5.74) is 3.11. The molecule has 2 atom stereocenters. The molecule has 1 aliphatic heterocycles. The van der Waals surface area contributed by atoms with Crippen molar-refractivity contribution in [3.05, 3.63) is 34.1 Å². The molecule has 0 bridgehead atoms. The maximum atomic E-state index is 13.8. The summed E-state index contributed by atoms with van der Waals surface area (Å²) in [5, 5.41) is 0. The van der Waals surface area contributed by atoms with Gasteiger partial charge in [0, 0.05) is 11.1 Å². The Labute approximate surface area is 115 Å². The Hall–Kier alpha value is -0.490. The smallest absolute Gasteiger partial charge is 0.127 e. The van der Waals surface area contributed by atoms with Gasteiger partial charge in [0.2, 0.25) is 0 Å². The first-order valence-corrected chi connectivity index (χ1v) is 6.88. The Morgan fingerprint density at radius 2 is 2.39 bits per heavy atom. The molecule has 2 rings (SSSR count). The van der Waals surface area contributed by atoms with Crippen LogP contribution in [0.15, 0.2) is 22.7 Å². The van der Waals surface area contributed by atoms with Gasteiger partial charge in [-0.3, -0.25) is 11.3 Å². The predicted octanol–water partition coefficient (Wildman–Crippen LogP) is 2.53. The van der Waals surface area contributed by atoms with Crippen LogP contribution in [0.3, 0.4) is 0 Å². The molecular weight excluding hydrogens is 299 g/mol. The molecule has 1 aliphatic rings. The Morgan fingerprint density at radius 3 is 2.94 bits per heavy atom. The molecule has 3 nitrogen and oxygen atoms in total. The van der Waals surface area contributed by atoms with Gasteiger partial charge in [-0.25, -0.2) is 4.39 Å². The maximum absolute atomic E-state index is 13.8. The second-order valence-corrected chi connectivity index (χ2v) is 5.84. The van der Waals surface area contributed by atoms with Crippen molar-refractivity contribution in [2.75, 3.05) is 6.61 Å². The van der Waals surface area contributed by atoms with Crippen LogP contribution in [0.4, 0.5) is 4.39 Å². The molecule has 0 aliphatic carbocycles. The quantitative estimate of drug-likeness (QED) is 0.663. The minimum Gasteiger partial charge on any atom is -0.374 e. The third-order valence-corrected chi connectivity index (χ3v) is 4.12.